The van der Waals surface area contributed by atoms with E-state index in [2.05, 4.69) is 5.32 Å². The molecule has 4 nitrogen and oxygen atoms in total. The molecule has 1 aromatic rings. The predicted octanol–water partition coefficient (Wildman–Crippen LogP) is 1.23. The minimum absolute atomic E-state index is 0.0299. The van der Waals surface area contributed by atoms with E-state index in [0.717, 1.165) is 39.0 Å². The molecule has 1 aromatic carbocycles. The fourth-order valence-corrected chi connectivity index (χ4v) is 3.11. The third kappa shape index (κ3) is 2.18. The summed E-state index contributed by atoms with van der Waals surface area (Å²) in [6.45, 7) is 3.59. The first-order valence-corrected chi connectivity index (χ1v) is 6.65. The van der Waals surface area contributed by atoms with Gasteiger partial charge in [0, 0.05) is 30.6 Å². The van der Waals surface area contributed by atoms with Crippen LogP contribution >= 0.6 is 0 Å². The summed E-state index contributed by atoms with van der Waals surface area (Å²) < 4.78 is 13.1. The van der Waals surface area contributed by atoms with E-state index in [9.17, 15) is 9.18 Å². The van der Waals surface area contributed by atoms with Crippen LogP contribution in [0.15, 0.2) is 18.2 Å². The summed E-state index contributed by atoms with van der Waals surface area (Å²) in [5.74, 6) is -0.523. The van der Waals surface area contributed by atoms with Crippen LogP contribution in [0.3, 0.4) is 0 Å². The van der Waals surface area contributed by atoms with Crippen LogP contribution in [0.2, 0.25) is 0 Å². The average Bonchev–Trinajstić information content (AvgIpc) is 3.03. The van der Waals surface area contributed by atoms with E-state index >= 15 is 0 Å². The molecule has 3 rings (SSSR count). The summed E-state index contributed by atoms with van der Waals surface area (Å²) in [6.07, 6.45) is 2.17. The second-order valence-corrected chi connectivity index (χ2v) is 5.64. The maximum atomic E-state index is 13.1. The first kappa shape index (κ1) is 12.4. The Morgan fingerprint density at radius 2 is 2.26 bits per heavy atom. The number of nitrogens with zero attached hydrogens (tertiary/aromatic N) is 1. The highest BCUT2D eigenvalue weighted by Crippen LogP contribution is 2.36. The zero-order valence-electron chi connectivity index (χ0n) is 10.8. The number of benzene rings is 1. The van der Waals surface area contributed by atoms with Crippen molar-refractivity contribution in [1.82, 2.24) is 10.2 Å². The van der Waals surface area contributed by atoms with Crippen LogP contribution in [-0.2, 0) is 0 Å². The average molecular weight is 263 g/mol. The number of nitrogen functional groups attached to an aromatic ring is 1. The molecule has 0 radical (unpaired) electrons. The van der Waals surface area contributed by atoms with Crippen molar-refractivity contribution in [2.24, 2.45) is 5.41 Å². The van der Waals surface area contributed by atoms with Gasteiger partial charge in [0.25, 0.3) is 5.91 Å². The highest BCUT2D eigenvalue weighted by Gasteiger charge is 2.41. The third-order valence-corrected chi connectivity index (χ3v) is 4.30. The van der Waals surface area contributed by atoms with Gasteiger partial charge in [0.2, 0.25) is 0 Å². The topological polar surface area (TPSA) is 58.4 Å². The lowest BCUT2D eigenvalue weighted by Crippen LogP contribution is -2.33. The molecule has 1 spiro atoms. The number of nitrogens with two attached hydrogens (primary N) is 1. The first-order valence-electron chi connectivity index (χ1n) is 6.65. The zero-order valence-corrected chi connectivity index (χ0v) is 10.8. The highest BCUT2D eigenvalue weighted by molar-refractivity contribution is 5.95. The van der Waals surface area contributed by atoms with Crippen LogP contribution in [0, 0.1) is 11.2 Å². The Bertz CT molecular complexity index is 511. The minimum Gasteiger partial charge on any atom is -0.396 e. The number of nitrogens with one attached hydrogen (secondary N) is 1. The lowest BCUT2D eigenvalue weighted by Gasteiger charge is -2.22. The van der Waals surface area contributed by atoms with E-state index in [4.69, 9.17) is 5.73 Å². The first-order chi connectivity index (χ1) is 9.10. The molecule has 2 heterocycles. The van der Waals surface area contributed by atoms with Crippen LogP contribution in [0.4, 0.5) is 10.1 Å². The summed E-state index contributed by atoms with van der Waals surface area (Å²) >= 11 is 0. The molecule has 2 aliphatic rings. The van der Waals surface area contributed by atoms with Crippen molar-refractivity contribution < 1.29 is 9.18 Å². The van der Waals surface area contributed by atoms with Gasteiger partial charge in [0.1, 0.15) is 5.82 Å². The maximum Gasteiger partial charge on any atom is 0.253 e. The molecule has 1 atom stereocenters. The summed E-state index contributed by atoms with van der Waals surface area (Å²) in [5, 5.41) is 3.36. The lowest BCUT2D eigenvalue weighted by atomic mass is 9.86. The molecule has 5 heteroatoms. The quantitative estimate of drug-likeness (QED) is 0.749. The lowest BCUT2D eigenvalue weighted by molar-refractivity contribution is 0.0775. The number of anilines is 1. The fourth-order valence-electron chi connectivity index (χ4n) is 3.11. The molecule has 19 heavy (non-hydrogen) atoms. The Kier molecular flexibility index (Phi) is 2.93. The van der Waals surface area contributed by atoms with E-state index in [-0.39, 0.29) is 17.0 Å². The summed E-state index contributed by atoms with van der Waals surface area (Å²) in [5.41, 5.74) is 6.27. The Morgan fingerprint density at radius 3 is 2.95 bits per heavy atom. The predicted molar refractivity (Wildman–Crippen MR) is 71.3 cm³/mol. The van der Waals surface area contributed by atoms with Crippen LogP contribution in [-0.4, -0.2) is 37.0 Å². The summed E-state index contributed by atoms with van der Waals surface area (Å²) in [7, 11) is 0. The van der Waals surface area contributed by atoms with E-state index in [1.54, 1.807) is 0 Å². The van der Waals surface area contributed by atoms with Crippen LogP contribution in [0.25, 0.3) is 0 Å². The molecule has 0 bridgehead atoms. The minimum atomic E-state index is -0.477. The number of hydrogen-bond acceptors (Lipinski definition) is 3. The zero-order chi connectivity index (χ0) is 13.5. The molecule has 1 unspecified atom stereocenters. The van der Waals surface area contributed by atoms with E-state index in [1.807, 2.05) is 4.90 Å². The molecule has 2 fully saturated rings. The van der Waals surface area contributed by atoms with Gasteiger partial charge in [-0.1, -0.05) is 0 Å². The number of hydrogen-bond donors (Lipinski definition) is 2. The van der Waals surface area contributed by atoms with Gasteiger partial charge in [-0.25, -0.2) is 4.39 Å². The molecule has 2 saturated heterocycles. The Labute approximate surface area is 111 Å². The number of carbonyl (C=O) groups is 1. The molecule has 0 saturated carbocycles. The molecular weight excluding hydrogens is 245 g/mol. The van der Waals surface area contributed by atoms with Crippen molar-refractivity contribution >= 4 is 11.6 Å². The van der Waals surface area contributed by atoms with Gasteiger partial charge in [-0.15, -0.1) is 0 Å². The third-order valence-electron chi connectivity index (χ3n) is 4.30. The number of carbonyl (C=O) groups excluding carboxylic acids is 1. The smallest absolute Gasteiger partial charge is 0.253 e. The largest absolute Gasteiger partial charge is 0.396 e. The molecule has 0 aliphatic carbocycles. The van der Waals surface area contributed by atoms with Crippen LogP contribution in [0.1, 0.15) is 23.2 Å². The van der Waals surface area contributed by atoms with E-state index in [1.165, 1.54) is 18.2 Å². The molecule has 2 aliphatic heterocycles. The van der Waals surface area contributed by atoms with Crippen molar-refractivity contribution in [3.8, 4) is 0 Å². The second-order valence-electron chi connectivity index (χ2n) is 5.64. The van der Waals surface area contributed by atoms with E-state index < -0.39 is 5.82 Å². The van der Waals surface area contributed by atoms with Gasteiger partial charge in [-0.2, -0.15) is 0 Å². The van der Waals surface area contributed by atoms with E-state index in [0.29, 0.717) is 5.56 Å². The maximum absolute atomic E-state index is 13.1. The van der Waals surface area contributed by atoms with Gasteiger partial charge in [-0.3, -0.25) is 4.79 Å². The standard InChI is InChI=1S/C14H18FN3O/c15-11-2-1-10(7-12(11)16)13(19)18-6-4-14(9-18)3-5-17-8-14/h1-2,7,17H,3-6,8-9,16H2. The summed E-state index contributed by atoms with van der Waals surface area (Å²) in [4.78, 5) is 14.2. The van der Waals surface area contributed by atoms with Crippen molar-refractivity contribution in [3.05, 3.63) is 29.6 Å². The van der Waals surface area contributed by atoms with Gasteiger partial charge < -0.3 is 16.0 Å². The highest BCUT2D eigenvalue weighted by atomic mass is 19.1. The number of likely N-dealkylation sites (tertiary alicyclic amines) is 1. The normalized spacial score (nSPS) is 26.3. The summed E-state index contributed by atoms with van der Waals surface area (Å²) in [6, 6.07) is 4.19. The molecule has 3 N–H and O–H groups in total. The number of rotatable bonds is 1. The molecular formula is C14H18FN3O. The molecule has 102 valence electrons. The Morgan fingerprint density at radius 1 is 1.42 bits per heavy atom. The molecule has 0 aromatic heterocycles. The fraction of sp³-hybridized carbons (Fsp3) is 0.500. The van der Waals surface area contributed by atoms with Gasteiger partial charge in [0.05, 0.1) is 5.69 Å². The van der Waals surface area contributed by atoms with Crippen molar-refractivity contribution in [2.75, 3.05) is 31.9 Å². The second kappa shape index (κ2) is 4.49. The van der Waals surface area contributed by atoms with Crippen molar-refractivity contribution in [1.29, 1.82) is 0 Å². The number of amides is 1. The SMILES string of the molecule is Nc1cc(C(=O)N2CCC3(CCNC3)C2)ccc1F. The van der Waals surface area contributed by atoms with Gasteiger partial charge in [0.15, 0.2) is 0 Å². The number of halogens is 1. The monoisotopic (exact) mass is 263 g/mol. The van der Waals surface area contributed by atoms with Gasteiger partial charge >= 0.3 is 0 Å². The Hall–Kier alpha value is -1.62. The molecule has 1 amide bonds. The Balaban J connectivity index is 1.76. The van der Waals surface area contributed by atoms with Crippen molar-refractivity contribution in [2.45, 2.75) is 12.8 Å². The van der Waals surface area contributed by atoms with Crippen LogP contribution in [0.5, 0.6) is 0 Å². The van der Waals surface area contributed by atoms with Gasteiger partial charge in [-0.05, 0) is 37.6 Å². The van der Waals surface area contributed by atoms with Crippen LogP contribution < -0.4 is 11.1 Å². The van der Waals surface area contributed by atoms with Crippen molar-refractivity contribution in [3.63, 3.8) is 0 Å².